The van der Waals surface area contributed by atoms with E-state index in [-0.39, 0.29) is 24.0 Å². The fourth-order valence-electron chi connectivity index (χ4n) is 8.26. The molecular weight excluding hydrogens is 592 g/mol. The molecule has 11 heteroatoms. The minimum Gasteiger partial charge on any atom is -0.341 e. The van der Waals surface area contributed by atoms with Gasteiger partial charge < -0.3 is 30.7 Å². The van der Waals surface area contributed by atoms with Gasteiger partial charge in [-0.25, -0.2) is 9.59 Å². The quantitative estimate of drug-likeness (QED) is 0.377. The highest BCUT2D eigenvalue weighted by Crippen LogP contribution is 2.31. The summed E-state index contributed by atoms with van der Waals surface area (Å²) in [4.78, 5) is 46.7. The van der Waals surface area contributed by atoms with E-state index in [1.165, 1.54) is 12.8 Å². The third kappa shape index (κ3) is 6.95. The Morgan fingerprint density at radius 3 is 2.43 bits per heavy atom. The Kier molecular flexibility index (Phi) is 9.33. The summed E-state index contributed by atoms with van der Waals surface area (Å²) in [6, 6.07) is 13.3. The van der Waals surface area contributed by atoms with Crippen molar-refractivity contribution < 1.29 is 14.4 Å². The number of aryl methyl sites for hydroxylation is 1. The standard InChI is InChI=1S/C36H48N8O3/c1-41-33-7-6-25(22-29(33)24-38-41)23-32(34(45)42-17-10-27(11-18-42)26-8-15-37-16-9-26)40-35(46)43-19-13-30(14-20-43)44-21-12-28-4-2-3-5-31(28)39-36(44)47/h2-7,22,24,26-27,30,32,37H,8-21,23H2,1H3,(H,39,47)(H,40,46). The summed E-state index contributed by atoms with van der Waals surface area (Å²) in [5.41, 5.74) is 4.06. The van der Waals surface area contributed by atoms with Crippen molar-refractivity contribution in [2.75, 3.05) is 51.1 Å². The molecule has 0 bridgehead atoms. The number of hydrogen-bond donors (Lipinski definition) is 3. The normalized spacial score (nSPS) is 20.9. The molecule has 1 aromatic heterocycles. The average Bonchev–Trinajstić information content (AvgIpc) is 3.38. The van der Waals surface area contributed by atoms with Crippen LogP contribution >= 0.6 is 0 Å². The molecular formula is C36H48N8O3. The van der Waals surface area contributed by atoms with Crippen molar-refractivity contribution in [2.24, 2.45) is 18.9 Å². The number of piperidine rings is 3. The summed E-state index contributed by atoms with van der Waals surface area (Å²) in [5.74, 6) is 1.42. The maximum atomic E-state index is 14.1. The number of rotatable bonds is 6. The first-order valence-electron chi connectivity index (χ1n) is 17.5. The summed E-state index contributed by atoms with van der Waals surface area (Å²) in [6.07, 6.45) is 8.99. The molecule has 4 aliphatic heterocycles. The van der Waals surface area contributed by atoms with Crippen molar-refractivity contribution in [1.82, 2.24) is 35.1 Å². The molecule has 3 N–H and O–H groups in total. The van der Waals surface area contributed by atoms with Gasteiger partial charge in [0, 0.05) is 63.3 Å². The van der Waals surface area contributed by atoms with Crippen molar-refractivity contribution in [3.05, 3.63) is 59.8 Å². The predicted molar refractivity (Wildman–Crippen MR) is 182 cm³/mol. The molecule has 0 radical (unpaired) electrons. The van der Waals surface area contributed by atoms with Crippen LogP contribution in [0.25, 0.3) is 10.9 Å². The smallest absolute Gasteiger partial charge is 0.322 e. The molecule has 5 amide bonds. The van der Waals surface area contributed by atoms with Crippen molar-refractivity contribution in [1.29, 1.82) is 0 Å². The second-order valence-electron chi connectivity index (χ2n) is 13.9. The number of nitrogens with zero attached hydrogens (tertiary/aromatic N) is 5. The monoisotopic (exact) mass is 640 g/mol. The number of urea groups is 2. The lowest BCUT2D eigenvalue weighted by Gasteiger charge is -2.40. The Labute approximate surface area is 277 Å². The first-order valence-corrected chi connectivity index (χ1v) is 17.5. The number of likely N-dealkylation sites (tertiary alicyclic amines) is 2. The van der Waals surface area contributed by atoms with Gasteiger partial charge in [0.15, 0.2) is 0 Å². The predicted octanol–water partition coefficient (Wildman–Crippen LogP) is 3.99. The van der Waals surface area contributed by atoms with E-state index in [1.54, 1.807) is 0 Å². The van der Waals surface area contributed by atoms with E-state index in [2.05, 4.69) is 33.2 Å². The zero-order valence-electron chi connectivity index (χ0n) is 27.5. The Bertz CT molecular complexity index is 1580. The zero-order valence-corrected chi connectivity index (χ0v) is 27.5. The van der Waals surface area contributed by atoms with Crippen molar-refractivity contribution >= 4 is 34.6 Å². The molecule has 11 nitrogen and oxygen atoms in total. The van der Waals surface area contributed by atoms with E-state index in [1.807, 2.05) is 63.0 Å². The molecule has 4 aliphatic rings. The van der Waals surface area contributed by atoms with Gasteiger partial charge in [0.2, 0.25) is 5.91 Å². The number of anilines is 1. The third-order valence-corrected chi connectivity index (χ3v) is 11.1. The third-order valence-electron chi connectivity index (χ3n) is 11.1. The fourth-order valence-corrected chi connectivity index (χ4v) is 8.26. The maximum Gasteiger partial charge on any atom is 0.322 e. The molecule has 1 unspecified atom stereocenters. The number of hydrogen-bond acceptors (Lipinski definition) is 5. The van der Waals surface area contributed by atoms with Crippen LogP contribution in [0.4, 0.5) is 15.3 Å². The first-order chi connectivity index (χ1) is 22.9. The van der Waals surface area contributed by atoms with E-state index in [4.69, 9.17) is 0 Å². The highest BCUT2D eigenvalue weighted by Gasteiger charge is 2.35. The van der Waals surface area contributed by atoms with Gasteiger partial charge in [-0.15, -0.1) is 0 Å². The Balaban J connectivity index is 0.995. The number of carbonyl (C=O) groups is 3. The number of aromatic nitrogens is 2. The summed E-state index contributed by atoms with van der Waals surface area (Å²) in [6.45, 7) is 5.41. The number of fused-ring (bicyclic) bond motifs is 2. The Hall–Kier alpha value is -4.12. The Morgan fingerprint density at radius 1 is 0.915 bits per heavy atom. The first kappa shape index (κ1) is 31.5. The van der Waals surface area contributed by atoms with Crippen LogP contribution in [-0.2, 0) is 24.7 Å². The van der Waals surface area contributed by atoms with Crippen LogP contribution < -0.4 is 16.0 Å². The van der Waals surface area contributed by atoms with E-state index in [0.29, 0.717) is 44.8 Å². The molecule has 7 rings (SSSR count). The van der Waals surface area contributed by atoms with Crippen LogP contribution in [0.5, 0.6) is 0 Å². The van der Waals surface area contributed by atoms with Crippen LogP contribution in [-0.4, -0.2) is 100 Å². The molecule has 5 heterocycles. The molecule has 3 fully saturated rings. The van der Waals surface area contributed by atoms with E-state index in [0.717, 1.165) is 79.1 Å². The molecule has 2 aromatic carbocycles. The van der Waals surface area contributed by atoms with E-state index >= 15 is 0 Å². The highest BCUT2D eigenvalue weighted by atomic mass is 16.2. The minimum atomic E-state index is -0.653. The molecule has 0 saturated carbocycles. The molecule has 3 aromatic rings. The average molecular weight is 641 g/mol. The SMILES string of the molecule is Cn1ncc2cc(CC(NC(=O)N3CCC(N4CCc5ccccc5NC4=O)CC3)C(=O)N3CCC(C4CCNCC4)CC3)ccc21. The van der Waals surface area contributed by atoms with Gasteiger partial charge in [-0.3, -0.25) is 9.48 Å². The van der Waals surface area contributed by atoms with Crippen LogP contribution in [0, 0.1) is 11.8 Å². The van der Waals surface area contributed by atoms with Crippen LogP contribution in [0.1, 0.15) is 49.7 Å². The van der Waals surface area contributed by atoms with Gasteiger partial charge in [0.1, 0.15) is 6.04 Å². The fraction of sp³-hybridized carbons (Fsp3) is 0.556. The topological polar surface area (TPSA) is 115 Å². The van der Waals surface area contributed by atoms with E-state index in [9.17, 15) is 14.4 Å². The molecule has 0 spiro atoms. The van der Waals surface area contributed by atoms with Gasteiger partial charge in [-0.05, 0) is 99.2 Å². The van der Waals surface area contributed by atoms with Gasteiger partial charge in [-0.2, -0.15) is 5.10 Å². The molecule has 0 aliphatic carbocycles. The van der Waals surface area contributed by atoms with Crippen LogP contribution in [0.15, 0.2) is 48.7 Å². The molecule has 1 atom stereocenters. The second-order valence-corrected chi connectivity index (χ2v) is 13.9. The highest BCUT2D eigenvalue weighted by molar-refractivity contribution is 5.91. The Morgan fingerprint density at radius 2 is 1.64 bits per heavy atom. The molecule has 250 valence electrons. The summed E-state index contributed by atoms with van der Waals surface area (Å²) in [7, 11) is 1.92. The minimum absolute atomic E-state index is 0.00378. The second kappa shape index (κ2) is 13.9. The van der Waals surface area contributed by atoms with Crippen molar-refractivity contribution in [3.8, 4) is 0 Å². The number of nitrogens with one attached hydrogen (secondary N) is 3. The largest absolute Gasteiger partial charge is 0.341 e. The number of para-hydroxylation sites is 1. The summed E-state index contributed by atoms with van der Waals surface area (Å²) in [5, 5.41) is 15.1. The van der Waals surface area contributed by atoms with Gasteiger partial charge >= 0.3 is 12.1 Å². The summed E-state index contributed by atoms with van der Waals surface area (Å²) < 4.78 is 1.84. The molecule has 3 saturated heterocycles. The van der Waals surface area contributed by atoms with Gasteiger partial charge in [0.25, 0.3) is 0 Å². The van der Waals surface area contributed by atoms with Crippen molar-refractivity contribution in [3.63, 3.8) is 0 Å². The van der Waals surface area contributed by atoms with Crippen LogP contribution in [0.2, 0.25) is 0 Å². The zero-order chi connectivity index (χ0) is 32.3. The maximum absolute atomic E-state index is 14.1. The lowest BCUT2D eigenvalue weighted by Crippen LogP contribution is -2.57. The number of benzene rings is 2. The molecule has 47 heavy (non-hydrogen) atoms. The number of carbonyl (C=O) groups excluding carboxylic acids is 3. The van der Waals surface area contributed by atoms with Gasteiger partial charge in [-0.1, -0.05) is 24.3 Å². The van der Waals surface area contributed by atoms with Crippen molar-refractivity contribution in [2.45, 2.75) is 63.5 Å². The summed E-state index contributed by atoms with van der Waals surface area (Å²) >= 11 is 0. The lowest BCUT2D eigenvalue weighted by molar-refractivity contribution is -0.135. The number of amides is 5. The van der Waals surface area contributed by atoms with E-state index < -0.39 is 6.04 Å². The van der Waals surface area contributed by atoms with Gasteiger partial charge in [0.05, 0.1) is 11.7 Å². The van der Waals surface area contributed by atoms with Crippen LogP contribution in [0.3, 0.4) is 0 Å². The lowest BCUT2D eigenvalue weighted by atomic mass is 9.79.